The van der Waals surface area contributed by atoms with Crippen LogP contribution in [0.15, 0.2) is 54.7 Å². The van der Waals surface area contributed by atoms with E-state index in [1.54, 1.807) is 0 Å². The Bertz CT molecular complexity index is 851. The minimum atomic E-state index is 0.151. The number of aromatic nitrogens is 2. The van der Waals surface area contributed by atoms with E-state index in [4.69, 9.17) is 4.74 Å². The molecule has 1 amide bonds. The van der Waals surface area contributed by atoms with Gasteiger partial charge in [0.25, 0.3) is 0 Å². The van der Waals surface area contributed by atoms with Crippen LogP contribution in [0, 0.1) is 0 Å². The Labute approximate surface area is 140 Å². The van der Waals surface area contributed by atoms with E-state index >= 15 is 0 Å². The summed E-state index contributed by atoms with van der Waals surface area (Å²) in [5.41, 5.74) is 3.06. The molecule has 0 radical (unpaired) electrons. The average Bonchev–Trinajstić information content (AvgIpc) is 3.08. The summed E-state index contributed by atoms with van der Waals surface area (Å²) in [5, 5.41) is 5.55. The molecule has 0 N–H and O–H groups in total. The molecule has 0 aliphatic carbocycles. The Morgan fingerprint density at radius 3 is 2.62 bits per heavy atom. The van der Waals surface area contributed by atoms with E-state index in [0.717, 1.165) is 22.2 Å². The van der Waals surface area contributed by atoms with Gasteiger partial charge in [-0.3, -0.25) is 4.79 Å². The summed E-state index contributed by atoms with van der Waals surface area (Å²) in [4.78, 5) is 14.4. The Morgan fingerprint density at radius 2 is 1.83 bits per heavy atom. The van der Waals surface area contributed by atoms with Gasteiger partial charge in [0.1, 0.15) is 0 Å². The number of rotatable bonds is 3. The fourth-order valence-corrected chi connectivity index (χ4v) is 3.13. The van der Waals surface area contributed by atoms with E-state index in [0.29, 0.717) is 32.7 Å². The van der Waals surface area contributed by atoms with E-state index in [9.17, 15) is 4.79 Å². The summed E-state index contributed by atoms with van der Waals surface area (Å²) in [6.07, 6.45) is 2.25. The van der Waals surface area contributed by atoms with Gasteiger partial charge >= 0.3 is 0 Å². The molecule has 5 heteroatoms. The highest BCUT2D eigenvalue weighted by atomic mass is 16.5. The first-order chi connectivity index (χ1) is 11.8. The molecular weight excluding hydrogens is 302 g/mol. The molecule has 1 fully saturated rings. The van der Waals surface area contributed by atoms with Crippen LogP contribution in [-0.4, -0.2) is 46.9 Å². The smallest absolute Gasteiger partial charge is 0.227 e. The summed E-state index contributed by atoms with van der Waals surface area (Å²) >= 11 is 0. The number of para-hydroxylation sites is 1. The van der Waals surface area contributed by atoms with Gasteiger partial charge in [0.15, 0.2) is 0 Å². The Hall–Kier alpha value is -2.66. The molecule has 1 saturated heterocycles. The molecule has 0 unspecified atom stereocenters. The summed E-state index contributed by atoms with van der Waals surface area (Å²) in [7, 11) is 0. The molecule has 122 valence electrons. The fraction of sp³-hybridized carbons (Fsp3) is 0.263. The molecule has 0 bridgehead atoms. The van der Waals surface area contributed by atoms with Crippen LogP contribution < -0.4 is 0 Å². The van der Waals surface area contributed by atoms with Crippen molar-refractivity contribution in [2.45, 2.75) is 6.42 Å². The van der Waals surface area contributed by atoms with Crippen molar-refractivity contribution in [3.8, 4) is 5.69 Å². The van der Waals surface area contributed by atoms with Gasteiger partial charge in [-0.25, -0.2) is 4.68 Å². The standard InChI is InChI=1S/C19H19N3O2/c23-19(21-9-11-24-12-10-21)13-15-5-4-8-18-17(15)14-20-22(18)16-6-2-1-3-7-16/h1-8,14H,9-13H2. The van der Waals surface area contributed by atoms with Crippen molar-refractivity contribution in [2.75, 3.05) is 26.3 Å². The molecule has 24 heavy (non-hydrogen) atoms. The van der Waals surface area contributed by atoms with E-state index in [2.05, 4.69) is 5.10 Å². The third-order valence-electron chi connectivity index (χ3n) is 4.41. The lowest BCUT2D eigenvalue weighted by molar-refractivity contribution is -0.134. The number of hydrogen-bond donors (Lipinski definition) is 0. The molecule has 0 atom stereocenters. The minimum Gasteiger partial charge on any atom is -0.378 e. The molecule has 1 aliphatic rings. The third-order valence-corrected chi connectivity index (χ3v) is 4.41. The highest BCUT2D eigenvalue weighted by molar-refractivity contribution is 5.89. The van der Waals surface area contributed by atoms with Crippen molar-refractivity contribution in [1.29, 1.82) is 0 Å². The number of benzene rings is 2. The van der Waals surface area contributed by atoms with Crippen LogP contribution in [0.3, 0.4) is 0 Å². The van der Waals surface area contributed by atoms with Crippen molar-refractivity contribution in [2.24, 2.45) is 0 Å². The molecule has 3 aromatic rings. The fourth-order valence-electron chi connectivity index (χ4n) is 3.13. The zero-order valence-electron chi connectivity index (χ0n) is 13.4. The van der Waals surface area contributed by atoms with E-state index < -0.39 is 0 Å². The van der Waals surface area contributed by atoms with Gasteiger partial charge in [-0.1, -0.05) is 30.3 Å². The Morgan fingerprint density at radius 1 is 1.04 bits per heavy atom. The summed E-state index contributed by atoms with van der Waals surface area (Å²) < 4.78 is 7.23. The summed E-state index contributed by atoms with van der Waals surface area (Å²) in [5.74, 6) is 0.151. The predicted octanol–water partition coefficient (Wildman–Crippen LogP) is 2.43. The van der Waals surface area contributed by atoms with Crippen LogP contribution in [0.1, 0.15) is 5.56 Å². The molecule has 0 spiro atoms. The second-order valence-electron chi connectivity index (χ2n) is 5.91. The second kappa shape index (κ2) is 6.45. The summed E-state index contributed by atoms with van der Waals surface area (Å²) in [6.45, 7) is 2.61. The van der Waals surface area contributed by atoms with Crippen LogP contribution in [0.2, 0.25) is 0 Å². The molecule has 0 saturated carbocycles. The predicted molar refractivity (Wildman–Crippen MR) is 92.2 cm³/mol. The van der Waals surface area contributed by atoms with Crippen LogP contribution in [0.5, 0.6) is 0 Å². The van der Waals surface area contributed by atoms with Crippen LogP contribution in [0.25, 0.3) is 16.6 Å². The van der Waals surface area contributed by atoms with Crippen molar-refractivity contribution >= 4 is 16.8 Å². The maximum Gasteiger partial charge on any atom is 0.227 e. The first kappa shape index (κ1) is 14.9. The number of fused-ring (bicyclic) bond motifs is 1. The molecule has 4 rings (SSSR count). The SMILES string of the molecule is O=C(Cc1cccc2c1cnn2-c1ccccc1)N1CCOCC1. The molecule has 2 heterocycles. The zero-order valence-corrected chi connectivity index (χ0v) is 13.4. The van der Waals surface area contributed by atoms with Crippen LogP contribution in [0.4, 0.5) is 0 Å². The molecule has 5 nitrogen and oxygen atoms in total. The van der Waals surface area contributed by atoms with Gasteiger partial charge < -0.3 is 9.64 Å². The number of carbonyl (C=O) groups is 1. The van der Waals surface area contributed by atoms with Crippen molar-refractivity contribution < 1.29 is 9.53 Å². The Kier molecular flexibility index (Phi) is 4.01. The number of amides is 1. The largest absolute Gasteiger partial charge is 0.378 e. The second-order valence-corrected chi connectivity index (χ2v) is 5.91. The van der Waals surface area contributed by atoms with Crippen LogP contribution >= 0.6 is 0 Å². The number of hydrogen-bond acceptors (Lipinski definition) is 3. The van der Waals surface area contributed by atoms with E-state index in [1.165, 1.54) is 0 Å². The number of ether oxygens (including phenoxy) is 1. The highest BCUT2D eigenvalue weighted by Gasteiger charge is 2.18. The lowest BCUT2D eigenvalue weighted by Gasteiger charge is -2.27. The van der Waals surface area contributed by atoms with Crippen molar-refractivity contribution in [3.05, 3.63) is 60.3 Å². The minimum absolute atomic E-state index is 0.151. The van der Waals surface area contributed by atoms with Crippen molar-refractivity contribution in [1.82, 2.24) is 14.7 Å². The van der Waals surface area contributed by atoms with Gasteiger partial charge in [0, 0.05) is 18.5 Å². The molecule has 2 aromatic carbocycles. The molecule has 1 aliphatic heterocycles. The molecule has 1 aromatic heterocycles. The van der Waals surface area contributed by atoms with Gasteiger partial charge in [-0.05, 0) is 23.8 Å². The van der Waals surface area contributed by atoms with Gasteiger partial charge in [-0.15, -0.1) is 0 Å². The topological polar surface area (TPSA) is 47.4 Å². The Balaban J connectivity index is 1.65. The number of carbonyl (C=O) groups excluding carboxylic acids is 1. The molecular formula is C19H19N3O2. The first-order valence-corrected chi connectivity index (χ1v) is 8.19. The van der Waals surface area contributed by atoms with Gasteiger partial charge in [-0.2, -0.15) is 5.10 Å². The number of morpholine rings is 1. The van der Waals surface area contributed by atoms with Gasteiger partial charge in [0.05, 0.1) is 37.0 Å². The van der Waals surface area contributed by atoms with Crippen LogP contribution in [-0.2, 0) is 16.0 Å². The summed E-state index contributed by atoms with van der Waals surface area (Å²) in [6, 6.07) is 16.1. The monoisotopic (exact) mass is 321 g/mol. The zero-order chi connectivity index (χ0) is 16.4. The maximum absolute atomic E-state index is 12.5. The number of nitrogens with zero attached hydrogens (tertiary/aromatic N) is 3. The third kappa shape index (κ3) is 2.78. The highest BCUT2D eigenvalue weighted by Crippen LogP contribution is 2.22. The normalized spacial score (nSPS) is 14.9. The first-order valence-electron chi connectivity index (χ1n) is 8.19. The van der Waals surface area contributed by atoms with E-state index in [1.807, 2.05) is 64.3 Å². The average molecular weight is 321 g/mol. The van der Waals surface area contributed by atoms with E-state index in [-0.39, 0.29) is 5.91 Å². The maximum atomic E-state index is 12.5. The lowest BCUT2D eigenvalue weighted by Crippen LogP contribution is -2.41. The van der Waals surface area contributed by atoms with Crippen molar-refractivity contribution in [3.63, 3.8) is 0 Å². The quantitative estimate of drug-likeness (QED) is 0.744. The van der Waals surface area contributed by atoms with Gasteiger partial charge in [0.2, 0.25) is 5.91 Å². The lowest BCUT2D eigenvalue weighted by atomic mass is 10.1.